The number of carbonyl (C=O) groups is 1. The summed E-state index contributed by atoms with van der Waals surface area (Å²) in [5.41, 5.74) is 5.73. The Kier molecular flexibility index (Phi) is 5.63. The van der Waals surface area contributed by atoms with Crippen molar-refractivity contribution in [1.29, 1.82) is 0 Å². The molecule has 2 atom stereocenters. The Morgan fingerprint density at radius 3 is 2.50 bits per heavy atom. The van der Waals surface area contributed by atoms with Crippen molar-refractivity contribution < 1.29 is 9.53 Å². The summed E-state index contributed by atoms with van der Waals surface area (Å²) in [6.07, 6.45) is 4.01. The Morgan fingerprint density at radius 2 is 1.75 bits per heavy atom. The largest absolute Gasteiger partial charge is 0.494 e. The normalized spacial score (nSPS) is 19.8. The van der Waals surface area contributed by atoms with Gasteiger partial charge in [0.1, 0.15) is 5.75 Å². The molecule has 3 aromatic rings. The lowest BCUT2D eigenvalue weighted by molar-refractivity contribution is -0.116. The zero-order valence-corrected chi connectivity index (χ0v) is 18.2. The van der Waals surface area contributed by atoms with Crippen molar-refractivity contribution >= 4 is 17.2 Å². The number of pyridine rings is 1. The fourth-order valence-electron chi connectivity index (χ4n) is 4.55. The molecule has 2 N–H and O–H groups in total. The molecular weight excluding hydrogens is 398 g/mol. The van der Waals surface area contributed by atoms with Crippen molar-refractivity contribution in [1.82, 2.24) is 4.98 Å². The molecule has 0 spiro atoms. The highest BCUT2D eigenvalue weighted by atomic mass is 16.5. The number of hydrogen-bond donors (Lipinski definition) is 2. The molecule has 0 fully saturated rings. The Hall–Kier alpha value is -3.60. The van der Waals surface area contributed by atoms with Crippen LogP contribution in [-0.4, -0.2) is 17.4 Å². The van der Waals surface area contributed by atoms with Crippen LogP contribution in [0.3, 0.4) is 0 Å². The molecule has 0 saturated heterocycles. The number of nitrogens with zero attached hydrogens (tertiary/aromatic N) is 1. The molecular formula is C27H27N3O2. The Morgan fingerprint density at radius 1 is 0.969 bits per heavy atom. The molecule has 0 bridgehead atoms. The molecule has 1 aliphatic heterocycles. The zero-order valence-electron chi connectivity index (χ0n) is 18.2. The second-order valence-electron chi connectivity index (χ2n) is 8.34. The monoisotopic (exact) mass is 425 g/mol. The number of para-hydroxylation sites is 2. The number of ether oxygens (including phenoxy) is 1. The predicted molar refractivity (Wildman–Crippen MR) is 127 cm³/mol. The Labute approximate surface area is 188 Å². The molecule has 1 aliphatic carbocycles. The van der Waals surface area contributed by atoms with Gasteiger partial charge in [0.2, 0.25) is 0 Å². The number of nitrogens with one attached hydrogen (secondary N) is 2. The Balaban J connectivity index is 1.50. The predicted octanol–water partition coefficient (Wildman–Crippen LogP) is 5.85. The molecule has 5 heteroatoms. The number of rotatable bonds is 5. The number of carbonyl (C=O) groups excluding carboxylic acids is 1. The summed E-state index contributed by atoms with van der Waals surface area (Å²) in [6.45, 7) is 2.81. The molecule has 2 aromatic carbocycles. The first-order valence-electron chi connectivity index (χ1n) is 11.3. The van der Waals surface area contributed by atoms with E-state index in [0.29, 0.717) is 13.0 Å². The average molecular weight is 426 g/mol. The maximum atomic E-state index is 13.5. The summed E-state index contributed by atoms with van der Waals surface area (Å²) in [5, 5.41) is 7.14. The number of fused-ring (bicyclic) bond motifs is 1. The van der Waals surface area contributed by atoms with Crippen molar-refractivity contribution in [3.05, 3.63) is 95.5 Å². The fourth-order valence-corrected chi connectivity index (χ4v) is 4.55. The van der Waals surface area contributed by atoms with E-state index in [1.54, 1.807) is 6.20 Å². The second kappa shape index (κ2) is 8.87. The molecule has 0 saturated carbocycles. The molecule has 2 heterocycles. The standard InChI is InChI=1S/C27H27N3O2/c1-2-15-32-20-12-10-18(11-13-20)19-16-24-26(25(31)17-19)27(23-9-5-6-14-28-23)30-22-8-4-3-7-21(22)29-24/h3-14,19,27,29-30H,2,15-17H2,1H3. The van der Waals surface area contributed by atoms with Crippen molar-refractivity contribution in [3.63, 3.8) is 0 Å². The third-order valence-corrected chi connectivity index (χ3v) is 6.12. The third-order valence-electron chi connectivity index (χ3n) is 6.12. The van der Waals surface area contributed by atoms with E-state index in [4.69, 9.17) is 4.74 Å². The van der Waals surface area contributed by atoms with Crippen LogP contribution in [-0.2, 0) is 4.79 Å². The van der Waals surface area contributed by atoms with E-state index in [2.05, 4.69) is 34.7 Å². The first-order valence-corrected chi connectivity index (χ1v) is 11.3. The van der Waals surface area contributed by atoms with Crippen LogP contribution in [0.1, 0.15) is 49.4 Å². The summed E-state index contributed by atoms with van der Waals surface area (Å²) in [7, 11) is 0. The van der Waals surface area contributed by atoms with E-state index in [1.165, 1.54) is 0 Å². The van der Waals surface area contributed by atoms with Gasteiger partial charge in [0.05, 0.1) is 29.7 Å². The SMILES string of the molecule is CCCOc1ccc(C2CC(=O)C3=C(C2)Nc2ccccc2NC3c2ccccn2)cc1. The van der Waals surface area contributed by atoms with Gasteiger partial charge in [-0.05, 0) is 60.7 Å². The third kappa shape index (κ3) is 3.98. The van der Waals surface area contributed by atoms with E-state index < -0.39 is 0 Å². The summed E-state index contributed by atoms with van der Waals surface area (Å²) >= 11 is 0. The first-order chi connectivity index (χ1) is 15.7. The maximum Gasteiger partial charge on any atom is 0.163 e. The number of aromatic nitrogens is 1. The number of allylic oxidation sites excluding steroid dienone is 1. The van der Waals surface area contributed by atoms with Gasteiger partial charge < -0.3 is 15.4 Å². The number of hydrogen-bond acceptors (Lipinski definition) is 5. The molecule has 0 amide bonds. The van der Waals surface area contributed by atoms with Crippen LogP contribution in [0.2, 0.25) is 0 Å². The van der Waals surface area contributed by atoms with Gasteiger partial charge in [-0.2, -0.15) is 0 Å². The number of ketones is 1. The summed E-state index contributed by atoms with van der Waals surface area (Å²) in [4.78, 5) is 18.1. The fraction of sp³-hybridized carbons (Fsp3) is 0.259. The lowest BCUT2D eigenvalue weighted by atomic mass is 9.79. The minimum Gasteiger partial charge on any atom is -0.494 e. The molecule has 1 aromatic heterocycles. The van der Waals surface area contributed by atoms with Crippen LogP contribution in [0.15, 0.2) is 84.2 Å². The van der Waals surface area contributed by atoms with Crippen molar-refractivity contribution in [2.24, 2.45) is 0 Å². The zero-order chi connectivity index (χ0) is 21.9. The van der Waals surface area contributed by atoms with Gasteiger partial charge in [-0.15, -0.1) is 0 Å². The minimum atomic E-state index is -0.277. The van der Waals surface area contributed by atoms with Crippen LogP contribution in [0, 0.1) is 0 Å². The van der Waals surface area contributed by atoms with Gasteiger partial charge in [0.15, 0.2) is 5.78 Å². The molecule has 2 aliphatic rings. The number of Topliss-reactive ketones (excluding diaryl/α,β-unsaturated/α-hetero) is 1. The summed E-state index contributed by atoms with van der Waals surface area (Å²) < 4.78 is 5.72. The lowest BCUT2D eigenvalue weighted by Gasteiger charge is -2.29. The summed E-state index contributed by atoms with van der Waals surface area (Å²) in [5.74, 6) is 1.16. The van der Waals surface area contributed by atoms with Gasteiger partial charge in [-0.25, -0.2) is 0 Å². The first kappa shape index (κ1) is 20.3. The van der Waals surface area contributed by atoms with Gasteiger partial charge in [0, 0.05) is 23.9 Å². The highest BCUT2D eigenvalue weighted by Gasteiger charge is 2.36. The molecule has 5 nitrogen and oxygen atoms in total. The molecule has 2 unspecified atom stereocenters. The van der Waals surface area contributed by atoms with Gasteiger partial charge in [0.25, 0.3) is 0 Å². The lowest BCUT2D eigenvalue weighted by Crippen LogP contribution is -2.27. The number of anilines is 2. The maximum absolute atomic E-state index is 13.5. The van der Waals surface area contributed by atoms with Crippen molar-refractivity contribution in [3.8, 4) is 5.75 Å². The average Bonchev–Trinajstić information content (AvgIpc) is 3.00. The highest BCUT2D eigenvalue weighted by Crippen LogP contribution is 2.43. The van der Waals surface area contributed by atoms with Crippen LogP contribution < -0.4 is 15.4 Å². The molecule has 5 rings (SSSR count). The van der Waals surface area contributed by atoms with Crippen LogP contribution in [0.4, 0.5) is 11.4 Å². The van der Waals surface area contributed by atoms with E-state index in [1.807, 2.05) is 54.6 Å². The number of benzene rings is 2. The van der Waals surface area contributed by atoms with Crippen molar-refractivity contribution in [2.75, 3.05) is 17.2 Å². The summed E-state index contributed by atoms with van der Waals surface area (Å²) in [6, 6.07) is 21.8. The minimum absolute atomic E-state index is 0.128. The topological polar surface area (TPSA) is 63.2 Å². The van der Waals surface area contributed by atoms with E-state index in [0.717, 1.165) is 52.5 Å². The van der Waals surface area contributed by atoms with Crippen molar-refractivity contribution in [2.45, 2.75) is 38.1 Å². The van der Waals surface area contributed by atoms with Gasteiger partial charge in [-0.3, -0.25) is 9.78 Å². The quantitative estimate of drug-likeness (QED) is 0.537. The van der Waals surface area contributed by atoms with E-state index >= 15 is 0 Å². The van der Waals surface area contributed by atoms with E-state index in [9.17, 15) is 4.79 Å². The van der Waals surface area contributed by atoms with Gasteiger partial charge >= 0.3 is 0 Å². The molecule has 0 radical (unpaired) electrons. The van der Waals surface area contributed by atoms with E-state index in [-0.39, 0.29) is 17.7 Å². The second-order valence-corrected chi connectivity index (χ2v) is 8.34. The smallest absolute Gasteiger partial charge is 0.163 e. The highest BCUT2D eigenvalue weighted by molar-refractivity contribution is 6.01. The van der Waals surface area contributed by atoms with Crippen LogP contribution >= 0.6 is 0 Å². The van der Waals surface area contributed by atoms with Crippen LogP contribution in [0.5, 0.6) is 5.75 Å². The molecule has 32 heavy (non-hydrogen) atoms. The molecule has 162 valence electrons. The van der Waals surface area contributed by atoms with Crippen LogP contribution in [0.25, 0.3) is 0 Å². The van der Waals surface area contributed by atoms with Gasteiger partial charge in [-0.1, -0.05) is 37.3 Å². The Bertz CT molecular complexity index is 1140.